The molecule has 1 aromatic carbocycles. The Balaban J connectivity index is 1.84. The van der Waals surface area contributed by atoms with Gasteiger partial charge in [0, 0.05) is 47.7 Å². The van der Waals surface area contributed by atoms with Crippen LogP contribution in [0.25, 0.3) is 10.9 Å². The Labute approximate surface area is 136 Å². The highest BCUT2D eigenvalue weighted by atomic mass is 35.5. The molecule has 22 heavy (non-hydrogen) atoms. The van der Waals surface area contributed by atoms with Crippen LogP contribution in [0.2, 0.25) is 5.02 Å². The van der Waals surface area contributed by atoms with Crippen LogP contribution in [0.4, 0.5) is 0 Å². The minimum absolute atomic E-state index is 0.00736. The molecule has 0 saturated carbocycles. The van der Waals surface area contributed by atoms with Gasteiger partial charge in [0.05, 0.1) is 0 Å². The molecule has 1 aromatic heterocycles. The van der Waals surface area contributed by atoms with Crippen molar-refractivity contribution < 1.29 is 9.90 Å². The van der Waals surface area contributed by atoms with E-state index in [1.54, 1.807) is 0 Å². The number of nitrogens with one attached hydrogen (secondary N) is 1. The molecule has 0 bridgehead atoms. The maximum Gasteiger partial charge on any atom is 0.220 e. The highest BCUT2D eigenvalue weighted by Crippen LogP contribution is 2.20. The standard InChI is InChI=1S/C17H23ClN2O2/c1-12(11-21)13(2)19-17(22)4-3-8-20-9-7-14-10-15(18)5-6-16(14)20/h5-7,9-10,12-13,21H,3-4,8,11H2,1-2H3,(H,19,22). The van der Waals surface area contributed by atoms with Gasteiger partial charge in [0.15, 0.2) is 0 Å². The third kappa shape index (κ3) is 4.24. The average Bonchev–Trinajstić information content (AvgIpc) is 2.88. The molecule has 5 heteroatoms. The number of hydrogen-bond acceptors (Lipinski definition) is 2. The summed E-state index contributed by atoms with van der Waals surface area (Å²) in [4.78, 5) is 11.9. The molecule has 120 valence electrons. The first-order valence-corrected chi connectivity index (χ1v) is 8.03. The molecule has 2 aromatic rings. The number of carbonyl (C=O) groups excluding carboxylic acids is 1. The Morgan fingerprint density at radius 1 is 1.36 bits per heavy atom. The lowest BCUT2D eigenvalue weighted by atomic mass is 10.1. The van der Waals surface area contributed by atoms with E-state index in [0.29, 0.717) is 6.42 Å². The van der Waals surface area contributed by atoms with Crippen molar-refractivity contribution >= 4 is 28.4 Å². The summed E-state index contributed by atoms with van der Waals surface area (Å²) in [5, 5.41) is 13.9. The summed E-state index contributed by atoms with van der Waals surface area (Å²) in [6, 6.07) is 7.85. The number of hydrogen-bond donors (Lipinski definition) is 2. The molecular weight excluding hydrogens is 300 g/mol. The van der Waals surface area contributed by atoms with Gasteiger partial charge in [-0.3, -0.25) is 4.79 Å². The predicted octanol–water partition coefficient (Wildman–Crippen LogP) is 3.21. The number of aliphatic hydroxyl groups is 1. The summed E-state index contributed by atoms with van der Waals surface area (Å²) < 4.78 is 2.14. The first-order chi connectivity index (χ1) is 10.5. The molecule has 0 aliphatic rings. The zero-order valence-corrected chi connectivity index (χ0v) is 13.8. The van der Waals surface area contributed by atoms with E-state index < -0.39 is 0 Å². The van der Waals surface area contributed by atoms with Gasteiger partial charge in [-0.1, -0.05) is 18.5 Å². The number of rotatable bonds is 7. The van der Waals surface area contributed by atoms with Gasteiger partial charge in [-0.2, -0.15) is 0 Å². The van der Waals surface area contributed by atoms with E-state index in [0.717, 1.165) is 28.9 Å². The number of aromatic nitrogens is 1. The van der Waals surface area contributed by atoms with Crippen LogP contribution in [0.1, 0.15) is 26.7 Å². The van der Waals surface area contributed by atoms with E-state index in [1.165, 1.54) is 0 Å². The lowest BCUT2D eigenvalue weighted by molar-refractivity contribution is -0.122. The molecule has 2 N–H and O–H groups in total. The molecule has 0 aliphatic heterocycles. The number of aliphatic hydroxyl groups excluding tert-OH is 1. The van der Waals surface area contributed by atoms with Crippen LogP contribution in [0.15, 0.2) is 30.5 Å². The Morgan fingerprint density at radius 3 is 2.86 bits per heavy atom. The number of halogens is 1. The first kappa shape index (κ1) is 16.8. The van der Waals surface area contributed by atoms with Gasteiger partial charge < -0.3 is 15.0 Å². The summed E-state index contributed by atoms with van der Waals surface area (Å²) in [5.74, 6) is 0.106. The molecule has 0 radical (unpaired) electrons. The zero-order valence-electron chi connectivity index (χ0n) is 13.1. The normalized spacial score (nSPS) is 14.0. The Bertz CT molecular complexity index is 639. The van der Waals surface area contributed by atoms with Crippen molar-refractivity contribution in [2.45, 2.75) is 39.3 Å². The molecule has 0 saturated heterocycles. The molecule has 0 fully saturated rings. The van der Waals surface area contributed by atoms with Crippen LogP contribution in [0.3, 0.4) is 0 Å². The predicted molar refractivity (Wildman–Crippen MR) is 90.0 cm³/mol. The van der Waals surface area contributed by atoms with Crippen LogP contribution in [0, 0.1) is 5.92 Å². The molecule has 2 rings (SSSR count). The second-order valence-electron chi connectivity index (χ2n) is 5.83. The van der Waals surface area contributed by atoms with Crippen molar-refractivity contribution in [1.82, 2.24) is 9.88 Å². The smallest absolute Gasteiger partial charge is 0.220 e. The monoisotopic (exact) mass is 322 g/mol. The quantitative estimate of drug-likeness (QED) is 0.822. The first-order valence-electron chi connectivity index (χ1n) is 7.66. The number of amides is 1. The number of nitrogens with zero attached hydrogens (tertiary/aromatic N) is 1. The Morgan fingerprint density at radius 2 is 2.14 bits per heavy atom. The summed E-state index contributed by atoms with van der Waals surface area (Å²) >= 11 is 5.98. The van der Waals surface area contributed by atoms with Gasteiger partial charge in [0.1, 0.15) is 0 Å². The Hall–Kier alpha value is -1.52. The van der Waals surface area contributed by atoms with E-state index in [4.69, 9.17) is 16.7 Å². The van der Waals surface area contributed by atoms with Gasteiger partial charge in [0.25, 0.3) is 0 Å². The molecule has 0 spiro atoms. The highest BCUT2D eigenvalue weighted by Gasteiger charge is 2.13. The van der Waals surface area contributed by atoms with Crippen molar-refractivity contribution in [1.29, 1.82) is 0 Å². The largest absolute Gasteiger partial charge is 0.396 e. The average molecular weight is 323 g/mol. The third-order valence-corrected chi connectivity index (χ3v) is 4.30. The molecule has 4 nitrogen and oxygen atoms in total. The van der Waals surface area contributed by atoms with E-state index in [2.05, 4.69) is 9.88 Å². The fourth-order valence-electron chi connectivity index (χ4n) is 2.40. The maximum absolute atomic E-state index is 11.9. The molecule has 1 amide bonds. The van der Waals surface area contributed by atoms with E-state index in [9.17, 15) is 4.79 Å². The van der Waals surface area contributed by atoms with Gasteiger partial charge in [0.2, 0.25) is 5.91 Å². The van der Waals surface area contributed by atoms with Crippen molar-refractivity contribution in [3.63, 3.8) is 0 Å². The van der Waals surface area contributed by atoms with E-state index in [1.807, 2.05) is 44.3 Å². The molecule has 0 aliphatic carbocycles. The maximum atomic E-state index is 11.9. The fraction of sp³-hybridized carbons (Fsp3) is 0.471. The van der Waals surface area contributed by atoms with Crippen molar-refractivity contribution in [3.8, 4) is 0 Å². The van der Waals surface area contributed by atoms with Crippen molar-refractivity contribution in [2.24, 2.45) is 5.92 Å². The topological polar surface area (TPSA) is 54.3 Å². The lowest BCUT2D eigenvalue weighted by Gasteiger charge is -2.19. The van der Waals surface area contributed by atoms with E-state index in [-0.39, 0.29) is 24.5 Å². The summed E-state index contributed by atoms with van der Waals surface area (Å²) in [6.07, 6.45) is 3.28. The van der Waals surface area contributed by atoms with Crippen LogP contribution >= 0.6 is 11.6 Å². The summed E-state index contributed by atoms with van der Waals surface area (Å²) in [7, 11) is 0. The summed E-state index contributed by atoms with van der Waals surface area (Å²) in [5.41, 5.74) is 1.13. The van der Waals surface area contributed by atoms with Crippen LogP contribution in [-0.4, -0.2) is 28.2 Å². The second-order valence-corrected chi connectivity index (χ2v) is 6.27. The van der Waals surface area contributed by atoms with E-state index >= 15 is 0 Å². The van der Waals surface area contributed by atoms with Crippen LogP contribution in [-0.2, 0) is 11.3 Å². The van der Waals surface area contributed by atoms with Gasteiger partial charge in [-0.25, -0.2) is 0 Å². The highest BCUT2D eigenvalue weighted by molar-refractivity contribution is 6.31. The van der Waals surface area contributed by atoms with Crippen LogP contribution in [0.5, 0.6) is 0 Å². The van der Waals surface area contributed by atoms with Gasteiger partial charge in [-0.15, -0.1) is 0 Å². The fourth-order valence-corrected chi connectivity index (χ4v) is 2.58. The minimum Gasteiger partial charge on any atom is -0.396 e. The summed E-state index contributed by atoms with van der Waals surface area (Å²) in [6.45, 7) is 4.71. The lowest BCUT2D eigenvalue weighted by Crippen LogP contribution is -2.38. The molecule has 1 heterocycles. The van der Waals surface area contributed by atoms with Crippen LogP contribution < -0.4 is 5.32 Å². The number of fused-ring (bicyclic) bond motifs is 1. The number of aryl methyl sites for hydroxylation is 1. The SMILES string of the molecule is CC(CO)C(C)NC(=O)CCCn1ccc2cc(Cl)ccc21. The second kappa shape index (κ2) is 7.65. The molecule has 2 atom stereocenters. The van der Waals surface area contributed by atoms with Gasteiger partial charge >= 0.3 is 0 Å². The zero-order chi connectivity index (χ0) is 16.1. The van der Waals surface area contributed by atoms with Gasteiger partial charge in [-0.05, 0) is 43.5 Å². The molecule has 2 unspecified atom stereocenters. The molecular formula is C17H23ClN2O2. The minimum atomic E-state index is -0.00736. The number of benzene rings is 1. The number of carbonyl (C=O) groups is 1. The third-order valence-electron chi connectivity index (χ3n) is 4.07. The Kier molecular flexibility index (Phi) is 5.86. The van der Waals surface area contributed by atoms with Crippen molar-refractivity contribution in [2.75, 3.05) is 6.61 Å². The van der Waals surface area contributed by atoms with Crippen molar-refractivity contribution in [3.05, 3.63) is 35.5 Å².